The molecule has 1 fully saturated rings. The fourth-order valence-corrected chi connectivity index (χ4v) is 3.84. The average Bonchev–Trinajstić information content (AvgIpc) is 2.25. The van der Waals surface area contributed by atoms with Gasteiger partial charge < -0.3 is 10.6 Å². The van der Waals surface area contributed by atoms with E-state index in [4.69, 9.17) is 0 Å². The summed E-state index contributed by atoms with van der Waals surface area (Å²) in [6.45, 7) is 8.95. The fourth-order valence-electron chi connectivity index (χ4n) is 2.55. The van der Waals surface area contributed by atoms with E-state index < -0.39 is 0 Å². The molecule has 1 aliphatic rings. The fraction of sp³-hybridized carbons (Fsp3) is 0.929. The molecule has 106 valence electrons. The van der Waals surface area contributed by atoms with Crippen LogP contribution in [0, 0.1) is 11.3 Å². The first-order valence-electron chi connectivity index (χ1n) is 6.89. The molecule has 2 atom stereocenters. The molecule has 1 saturated heterocycles. The molecular weight excluding hydrogens is 244 g/mol. The summed E-state index contributed by atoms with van der Waals surface area (Å²) in [5.74, 6) is 3.00. The van der Waals surface area contributed by atoms with Crippen molar-refractivity contribution in [2.75, 3.05) is 18.6 Å². The van der Waals surface area contributed by atoms with E-state index in [1.807, 2.05) is 11.8 Å². The predicted molar refractivity (Wildman–Crippen MR) is 80.0 cm³/mol. The van der Waals surface area contributed by atoms with Gasteiger partial charge in [0.2, 0.25) is 5.91 Å². The second-order valence-corrected chi connectivity index (χ2v) is 7.57. The number of amides is 1. The molecule has 1 rings (SSSR count). The summed E-state index contributed by atoms with van der Waals surface area (Å²) in [5, 5.41) is 6.33. The monoisotopic (exact) mass is 272 g/mol. The van der Waals surface area contributed by atoms with Crippen molar-refractivity contribution in [2.24, 2.45) is 11.3 Å². The summed E-state index contributed by atoms with van der Waals surface area (Å²) in [7, 11) is 1.72. The molecule has 0 saturated carbocycles. The molecule has 1 aliphatic heterocycles. The Labute approximate surface area is 116 Å². The highest BCUT2D eigenvalue weighted by molar-refractivity contribution is 7.99. The second-order valence-electron chi connectivity index (χ2n) is 6.54. The van der Waals surface area contributed by atoms with Crippen LogP contribution in [0.3, 0.4) is 0 Å². The van der Waals surface area contributed by atoms with E-state index in [0.29, 0.717) is 17.4 Å². The molecule has 4 heteroatoms. The highest BCUT2D eigenvalue weighted by atomic mass is 32.2. The summed E-state index contributed by atoms with van der Waals surface area (Å²) in [4.78, 5) is 11.9. The lowest BCUT2D eigenvalue weighted by atomic mass is 9.87. The predicted octanol–water partition coefficient (Wildman–Crippen LogP) is 2.27. The molecule has 0 aromatic rings. The zero-order chi connectivity index (χ0) is 13.8. The molecule has 0 aromatic carbocycles. The first kappa shape index (κ1) is 15.8. The largest absolute Gasteiger partial charge is 0.358 e. The Bertz CT molecular complexity index is 279. The van der Waals surface area contributed by atoms with Crippen molar-refractivity contribution in [2.45, 2.75) is 52.6 Å². The van der Waals surface area contributed by atoms with E-state index in [0.717, 1.165) is 18.6 Å². The molecule has 18 heavy (non-hydrogen) atoms. The molecule has 2 unspecified atom stereocenters. The first-order valence-corrected chi connectivity index (χ1v) is 8.05. The molecule has 1 heterocycles. The van der Waals surface area contributed by atoms with Crippen LogP contribution in [-0.2, 0) is 4.79 Å². The number of rotatable bonds is 5. The van der Waals surface area contributed by atoms with Gasteiger partial charge in [0.25, 0.3) is 0 Å². The van der Waals surface area contributed by atoms with E-state index in [1.165, 1.54) is 5.75 Å². The third kappa shape index (κ3) is 5.19. The molecule has 0 bridgehead atoms. The topological polar surface area (TPSA) is 41.1 Å². The molecule has 0 aromatic heterocycles. The number of hydrogen-bond donors (Lipinski definition) is 2. The second kappa shape index (κ2) is 6.80. The van der Waals surface area contributed by atoms with E-state index in [1.54, 1.807) is 7.05 Å². The third-order valence-electron chi connectivity index (χ3n) is 3.32. The van der Waals surface area contributed by atoms with E-state index in [2.05, 4.69) is 38.3 Å². The van der Waals surface area contributed by atoms with Crippen LogP contribution in [-0.4, -0.2) is 36.5 Å². The van der Waals surface area contributed by atoms with Gasteiger partial charge in [-0.3, -0.25) is 4.79 Å². The molecule has 0 aliphatic carbocycles. The standard InChI is InChI=1S/C14H28N2OS/c1-10(2)6-12(13(17)15-5)16-11-7-14(3,4)9-18-8-11/h10-12,16H,6-9H2,1-5H3,(H,15,17). The lowest BCUT2D eigenvalue weighted by Gasteiger charge is -2.37. The van der Waals surface area contributed by atoms with Crippen molar-refractivity contribution < 1.29 is 4.79 Å². The minimum absolute atomic E-state index is 0.0468. The van der Waals surface area contributed by atoms with Crippen molar-refractivity contribution in [3.05, 3.63) is 0 Å². The smallest absolute Gasteiger partial charge is 0.236 e. The average molecular weight is 272 g/mol. The lowest BCUT2D eigenvalue weighted by molar-refractivity contribution is -0.123. The third-order valence-corrected chi connectivity index (χ3v) is 4.94. The van der Waals surface area contributed by atoms with Gasteiger partial charge in [-0.15, -0.1) is 0 Å². The van der Waals surface area contributed by atoms with Crippen molar-refractivity contribution in [1.82, 2.24) is 10.6 Å². The van der Waals surface area contributed by atoms with Crippen molar-refractivity contribution in [1.29, 1.82) is 0 Å². The van der Waals surface area contributed by atoms with Crippen LogP contribution in [0.15, 0.2) is 0 Å². The van der Waals surface area contributed by atoms with Gasteiger partial charge in [-0.2, -0.15) is 11.8 Å². The van der Waals surface area contributed by atoms with Gasteiger partial charge in [0.15, 0.2) is 0 Å². The first-order chi connectivity index (χ1) is 8.34. The van der Waals surface area contributed by atoms with Crippen LogP contribution in [0.4, 0.5) is 0 Å². The number of hydrogen-bond acceptors (Lipinski definition) is 3. The van der Waals surface area contributed by atoms with Crippen LogP contribution >= 0.6 is 11.8 Å². The maximum absolute atomic E-state index is 11.9. The highest BCUT2D eigenvalue weighted by Gasteiger charge is 2.31. The van der Waals surface area contributed by atoms with Crippen LogP contribution < -0.4 is 10.6 Å². The highest BCUT2D eigenvalue weighted by Crippen LogP contribution is 2.33. The number of carbonyl (C=O) groups is 1. The van der Waals surface area contributed by atoms with Crippen LogP contribution in [0.5, 0.6) is 0 Å². The Morgan fingerprint density at radius 1 is 1.44 bits per heavy atom. The number of likely N-dealkylation sites (N-methyl/N-ethyl adjacent to an activating group) is 1. The molecule has 0 radical (unpaired) electrons. The minimum Gasteiger partial charge on any atom is -0.358 e. The van der Waals surface area contributed by atoms with E-state index in [9.17, 15) is 4.79 Å². The van der Waals surface area contributed by atoms with Gasteiger partial charge in [-0.25, -0.2) is 0 Å². The van der Waals surface area contributed by atoms with Crippen LogP contribution in [0.1, 0.15) is 40.5 Å². The Morgan fingerprint density at radius 3 is 2.61 bits per heavy atom. The maximum Gasteiger partial charge on any atom is 0.236 e. The van der Waals surface area contributed by atoms with E-state index in [-0.39, 0.29) is 11.9 Å². The van der Waals surface area contributed by atoms with Gasteiger partial charge in [0.1, 0.15) is 0 Å². The zero-order valence-corrected chi connectivity index (χ0v) is 13.2. The summed E-state index contributed by atoms with van der Waals surface area (Å²) >= 11 is 2.00. The number of carbonyl (C=O) groups excluding carboxylic acids is 1. The van der Waals surface area contributed by atoms with Gasteiger partial charge in [-0.1, -0.05) is 27.7 Å². The van der Waals surface area contributed by atoms with Crippen molar-refractivity contribution in [3.8, 4) is 0 Å². The zero-order valence-electron chi connectivity index (χ0n) is 12.4. The van der Waals surface area contributed by atoms with Crippen LogP contribution in [0.2, 0.25) is 0 Å². The molecular formula is C14H28N2OS. The quantitative estimate of drug-likeness (QED) is 0.806. The van der Waals surface area contributed by atoms with Gasteiger partial charge >= 0.3 is 0 Å². The van der Waals surface area contributed by atoms with E-state index >= 15 is 0 Å². The SMILES string of the molecule is CNC(=O)C(CC(C)C)NC1CSCC(C)(C)C1. The Morgan fingerprint density at radius 2 is 2.11 bits per heavy atom. The minimum atomic E-state index is -0.0468. The lowest BCUT2D eigenvalue weighted by Crippen LogP contribution is -2.51. The summed E-state index contributed by atoms with van der Waals surface area (Å²) in [6.07, 6.45) is 2.06. The summed E-state index contributed by atoms with van der Waals surface area (Å²) in [6, 6.07) is 0.411. The Kier molecular flexibility index (Phi) is 5.99. The summed E-state index contributed by atoms with van der Waals surface area (Å²) in [5.41, 5.74) is 0.381. The molecule has 1 amide bonds. The number of thioether (sulfide) groups is 1. The molecule has 3 nitrogen and oxygen atoms in total. The van der Waals surface area contributed by atoms with Gasteiger partial charge in [0, 0.05) is 18.8 Å². The summed E-state index contributed by atoms with van der Waals surface area (Å²) < 4.78 is 0. The van der Waals surface area contributed by atoms with Gasteiger partial charge in [0.05, 0.1) is 6.04 Å². The van der Waals surface area contributed by atoms with Crippen LogP contribution in [0.25, 0.3) is 0 Å². The molecule has 2 N–H and O–H groups in total. The Balaban J connectivity index is 2.57. The normalized spacial score (nSPS) is 24.9. The Hall–Kier alpha value is -0.220. The van der Waals surface area contributed by atoms with Crippen molar-refractivity contribution >= 4 is 17.7 Å². The number of nitrogens with one attached hydrogen (secondary N) is 2. The van der Waals surface area contributed by atoms with Gasteiger partial charge in [-0.05, 0) is 29.9 Å². The maximum atomic E-state index is 11.9. The van der Waals surface area contributed by atoms with Crippen molar-refractivity contribution in [3.63, 3.8) is 0 Å². The molecule has 0 spiro atoms.